The van der Waals surface area contributed by atoms with E-state index in [1.54, 1.807) is 0 Å². The topological polar surface area (TPSA) is 41.1 Å². The Morgan fingerprint density at radius 2 is 2.00 bits per heavy atom. The molecule has 1 aliphatic carbocycles. The van der Waals surface area contributed by atoms with Crippen molar-refractivity contribution < 1.29 is 4.79 Å². The molecule has 0 aromatic heterocycles. The van der Waals surface area contributed by atoms with E-state index in [0.717, 1.165) is 31.8 Å². The molecule has 98 valence electrons. The molecule has 0 bridgehead atoms. The van der Waals surface area contributed by atoms with Crippen molar-refractivity contribution in [2.24, 2.45) is 11.8 Å². The lowest BCUT2D eigenvalue weighted by Crippen LogP contribution is -2.49. The lowest BCUT2D eigenvalue weighted by atomic mass is 9.88. The maximum Gasteiger partial charge on any atom is 0.223 e. The van der Waals surface area contributed by atoms with Gasteiger partial charge in [0.2, 0.25) is 5.91 Å². The third-order valence-corrected chi connectivity index (χ3v) is 4.47. The maximum atomic E-state index is 11.9. The van der Waals surface area contributed by atoms with Gasteiger partial charge in [0.1, 0.15) is 0 Å². The molecule has 1 saturated heterocycles. The molecule has 2 atom stereocenters. The van der Waals surface area contributed by atoms with Crippen LogP contribution in [0.25, 0.3) is 0 Å². The first-order valence-electron chi connectivity index (χ1n) is 7.32. The Labute approximate surface area is 105 Å². The molecule has 0 spiro atoms. The second-order valence-corrected chi connectivity index (χ2v) is 5.60. The van der Waals surface area contributed by atoms with Gasteiger partial charge in [-0.1, -0.05) is 26.2 Å². The van der Waals surface area contributed by atoms with E-state index >= 15 is 0 Å². The van der Waals surface area contributed by atoms with Crippen LogP contribution in [0.5, 0.6) is 0 Å². The highest BCUT2D eigenvalue weighted by atomic mass is 16.1. The van der Waals surface area contributed by atoms with E-state index in [4.69, 9.17) is 0 Å². The van der Waals surface area contributed by atoms with E-state index in [-0.39, 0.29) is 0 Å². The van der Waals surface area contributed by atoms with E-state index in [2.05, 4.69) is 17.6 Å². The van der Waals surface area contributed by atoms with Gasteiger partial charge in [0, 0.05) is 18.5 Å². The van der Waals surface area contributed by atoms with Crippen molar-refractivity contribution >= 4 is 5.91 Å². The summed E-state index contributed by atoms with van der Waals surface area (Å²) >= 11 is 0. The van der Waals surface area contributed by atoms with Gasteiger partial charge in [-0.25, -0.2) is 0 Å². The molecule has 3 nitrogen and oxygen atoms in total. The van der Waals surface area contributed by atoms with Crippen LogP contribution in [-0.2, 0) is 4.79 Å². The van der Waals surface area contributed by atoms with Crippen LogP contribution >= 0.6 is 0 Å². The first kappa shape index (κ1) is 12.9. The number of hydrogen-bond donors (Lipinski definition) is 2. The highest BCUT2D eigenvalue weighted by Crippen LogP contribution is 2.25. The molecule has 3 heteroatoms. The normalized spacial score (nSPS) is 30.4. The summed E-state index contributed by atoms with van der Waals surface area (Å²) in [6, 6.07) is 0.499. The maximum absolute atomic E-state index is 11.9. The largest absolute Gasteiger partial charge is 0.354 e. The number of carbonyl (C=O) groups is 1. The van der Waals surface area contributed by atoms with Gasteiger partial charge in [-0.15, -0.1) is 0 Å². The summed E-state index contributed by atoms with van der Waals surface area (Å²) in [5, 5.41) is 6.71. The molecule has 2 N–H and O–H groups in total. The molecule has 0 aromatic carbocycles. The number of nitrogens with one attached hydrogen (secondary N) is 2. The molecule has 0 aromatic rings. The molecule has 2 rings (SSSR count). The lowest BCUT2D eigenvalue weighted by Gasteiger charge is -2.32. The minimum absolute atomic E-state index is 0.296. The predicted octanol–water partition coefficient (Wildman–Crippen LogP) is 2.07. The average Bonchev–Trinajstić information content (AvgIpc) is 2.90. The smallest absolute Gasteiger partial charge is 0.223 e. The zero-order valence-electron chi connectivity index (χ0n) is 11.0. The highest BCUT2D eigenvalue weighted by Gasteiger charge is 2.26. The Morgan fingerprint density at radius 3 is 2.71 bits per heavy atom. The molecule has 0 radical (unpaired) electrons. The van der Waals surface area contributed by atoms with Crippen LogP contribution in [0.4, 0.5) is 0 Å². The number of piperidine rings is 1. The van der Waals surface area contributed by atoms with E-state index in [0.29, 0.717) is 17.9 Å². The second-order valence-electron chi connectivity index (χ2n) is 5.60. The summed E-state index contributed by atoms with van der Waals surface area (Å²) in [4.78, 5) is 11.9. The minimum atomic E-state index is 0.296. The van der Waals surface area contributed by atoms with Gasteiger partial charge in [0.25, 0.3) is 0 Å². The monoisotopic (exact) mass is 238 g/mol. The van der Waals surface area contributed by atoms with Gasteiger partial charge >= 0.3 is 0 Å². The Kier molecular flexibility index (Phi) is 4.84. The van der Waals surface area contributed by atoms with Crippen molar-refractivity contribution in [1.82, 2.24) is 10.6 Å². The van der Waals surface area contributed by atoms with Crippen molar-refractivity contribution in [2.75, 3.05) is 13.1 Å². The number of amides is 1. The SMILES string of the molecule is CCC1CCCNC1CNC(=O)C1CCCC1. The third-order valence-electron chi connectivity index (χ3n) is 4.47. The Hall–Kier alpha value is -0.570. The van der Waals surface area contributed by atoms with Crippen molar-refractivity contribution in [3.8, 4) is 0 Å². The summed E-state index contributed by atoms with van der Waals surface area (Å²) in [6.45, 7) is 4.19. The summed E-state index contributed by atoms with van der Waals surface area (Å²) < 4.78 is 0. The zero-order valence-corrected chi connectivity index (χ0v) is 11.0. The summed E-state index contributed by atoms with van der Waals surface area (Å²) in [5.74, 6) is 1.34. The molecule has 17 heavy (non-hydrogen) atoms. The Bertz CT molecular complexity index is 249. The van der Waals surface area contributed by atoms with Crippen LogP contribution in [-0.4, -0.2) is 25.0 Å². The predicted molar refractivity (Wildman–Crippen MR) is 69.8 cm³/mol. The molecule has 1 amide bonds. The van der Waals surface area contributed by atoms with E-state index in [9.17, 15) is 4.79 Å². The van der Waals surface area contributed by atoms with E-state index < -0.39 is 0 Å². The van der Waals surface area contributed by atoms with Crippen LogP contribution < -0.4 is 10.6 Å². The molecule has 1 saturated carbocycles. The van der Waals surface area contributed by atoms with Crippen LogP contribution in [0.15, 0.2) is 0 Å². The van der Waals surface area contributed by atoms with Crippen LogP contribution in [0.2, 0.25) is 0 Å². The third kappa shape index (κ3) is 3.44. The number of carbonyl (C=O) groups excluding carboxylic acids is 1. The number of hydrogen-bond acceptors (Lipinski definition) is 2. The molecule has 1 aliphatic heterocycles. The van der Waals surface area contributed by atoms with E-state index in [1.165, 1.54) is 32.1 Å². The Balaban J connectivity index is 1.74. The second kappa shape index (κ2) is 6.39. The fourth-order valence-corrected chi connectivity index (χ4v) is 3.29. The minimum Gasteiger partial charge on any atom is -0.354 e. The first-order valence-corrected chi connectivity index (χ1v) is 7.32. The van der Waals surface area contributed by atoms with Gasteiger partial charge < -0.3 is 10.6 Å². The molecule has 2 unspecified atom stereocenters. The quantitative estimate of drug-likeness (QED) is 0.787. The van der Waals surface area contributed by atoms with Crippen molar-refractivity contribution in [1.29, 1.82) is 0 Å². The van der Waals surface area contributed by atoms with Crippen molar-refractivity contribution in [2.45, 2.75) is 57.9 Å². The van der Waals surface area contributed by atoms with Crippen molar-refractivity contribution in [3.63, 3.8) is 0 Å². The lowest BCUT2D eigenvalue weighted by molar-refractivity contribution is -0.125. The average molecular weight is 238 g/mol. The fourth-order valence-electron chi connectivity index (χ4n) is 3.29. The van der Waals surface area contributed by atoms with Gasteiger partial charge in [0.05, 0.1) is 0 Å². The van der Waals surface area contributed by atoms with Gasteiger partial charge in [-0.05, 0) is 38.1 Å². The number of rotatable bonds is 4. The van der Waals surface area contributed by atoms with Crippen LogP contribution in [0.1, 0.15) is 51.9 Å². The summed E-state index contributed by atoms with van der Waals surface area (Å²) in [5.41, 5.74) is 0. The molecule has 1 heterocycles. The molecule has 2 fully saturated rings. The zero-order chi connectivity index (χ0) is 12.1. The highest BCUT2D eigenvalue weighted by molar-refractivity contribution is 5.78. The van der Waals surface area contributed by atoms with Gasteiger partial charge in [-0.3, -0.25) is 4.79 Å². The van der Waals surface area contributed by atoms with Crippen molar-refractivity contribution in [3.05, 3.63) is 0 Å². The van der Waals surface area contributed by atoms with Gasteiger partial charge in [0.15, 0.2) is 0 Å². The van der Waals surface area contributed by atoms with Crippen LogP contribution in [0.3, 0.4) is 0 Å². The standard InChI is InChI=1S/C14H26N2O/c1-2-11-8-5-9-15-13(11)10-16-14(17)12-6-3-4-7-12/h11-13,15H,2-10H2,1H3,(H,16,17). The summed E-state index contributed by atoms with van der Waals surface area (Å²) in [7, 11) is 0. The molecular formula is C14H26N2O. The fraction of sp³-hybridized carbons (Fsp3) is 0.929. The molecule has 2 aliphatic rings. The first-order chi connectivity index (χ1) is 8.31. The molecular weight excluding hydrogens is 212 g/mol. The van der Waals surface area contributed by atoms with Crippen LogP contribution in [0, 0.1) is 11.8 Å². The Morgan fingerprint density at radius 1 is 1.24 bits per heavy atom. The van der Waals surface area contributed by atoms with Gasteiger partial charge in [-0.2, -0.15) is 0 Å². The van der Waals surface area contributed by atoms with E-state index in [1.807, 2.05) is 0 Å². The summed E-state index contributed by atoms with van der Waals surface area (Å²) in [6.07, 6.45) is 8.48.